The van der Waals surface area contributed by atoms with Crippen molar-refractivity contribution in [3.63, 3.8) is 0 Å². The lowest BCUT2D eigenvalue weighted by Crippen LogP contribution is -2.50. The number of nitrogens with two attached hydrogens (primary N) is 1. The van der Waals surface area contributed by atoms with Crippen molar-refractivity contribution in [2.75, 3.05) is 26.7 Å². The van der Waals surface area contributed by atoms with E-state index in [9.17, 15) is 4.79 Å². The molecule has 0 spiro atoms. The Morgan fingerprint density at radius 1 is 1.57 bits per heavy atom. The number of likely N-dealkylation sites (N-methyl/N-ethyl adjacent to an activating group) is 1. The minimum Gasteiger partial charge on any atom is -0.340 e. The van der Waals surface area contributed by atoms with Gasteiger partial charge in [-0.15, -0.1) is 11.3 Å². The van der Waals surface area contributed by atoms with Crippen LogP contribution < -0.4 is 5.73 Å². The number of nitrogens with zero attached hydrogens (tertiary/aromatic N) is 2. The lowest BCUT2D eigenvalue weighted by molar-refractivity contribution is -0.132. The Morgan fingerprint density at radius 3 is 2.95 bits per heavy atom. The van der Waals surface area contributed by atoms with E-state index in [0.29, 0.717) is 31.6 Å². The number of hydrogen-bond donors (Lipinski definition) is 1. The quantitative estimate of drug-likeness (QED) is 0.902. The van der Waals surface area contributed by atoms with Crippen LogP contribution in [0.15, 0.2) is 12.1 Å². The fourth-order valence-electron chi connectivity index (χ4n) is 2.81. The predicted molar refractivity (Wildman–Crippen MR) is 88.6 cm³/mol. The van der Waals surface area contributed by atoms with Gasteiger partial charge in [0.15, 0.2) is 0 Å². The fraction of sp³-hybridized carbons (Fsp3) is 0.667. The zero-order chi connectivity index (χ0) is 15.4. The van der Waals surface area contributed by atoms with E-state index in [-0.39, 0.29) is 5.91 Å². The van der Waals surface area contributed by atoms with Crippen molar-refractivity contribution >= 4 is 28.8 Å². The van der Waals surface area contributed by atoms with Gasteiger partial charge in [-0.2, -0.15) is 0 Å². The largest absolute Gasteiger partial charge is 0.340 e. The molecule has 0 aromatic carbocycles. The molecule has 1 fully saturated rings. The van der Waals surface area contributed by atoms with Crippen LogP contribution in [0.4, 0.5) is 0 Å². The van der Waals surface area contributed by atoms with Gasteiger partial charge < -0.3 is 10.6 Å². The summed E-state index contributed by atoms with van der Waals surface area (Å²) in [5.74, 6) is 0.850. The van der Waals surface area contributed by atoms with Crippen molar-refractivity contribution in [1.82, 2.24) is 9.80 Å². The minimum absolute atomic E-state index is 0.146. The molecule has 1 aromatic heterocycles. The molecule has 4 nitrogen and oxygen atoms in total. The summed E-state index contributed by atoms with van der Waals surface area (Å²) in [6, 6.07) is 4.18. The predicted octanol–water partition coefficient (Wildman–Crippen LogP) is 2.42. The summed E-state index contributed by atoms with van der Waals surface area (Å²) in [7, 11) is 1.85. The highest BCUT2D eigenvalue weighted by Gasteiger charge is 2.27. The van der Waals surface area contributed by atoms with E-state index in [1.54, 1.807) is 4.90 Å². The monoisotopic (exact) mass is 329 g/mol. The van der Waals surface area contributed by atoms with Crippen LogP contribution >= 0.6 is 22.9 Å². The number of piperidine rings is 1. The third-order valence-electron chi connectivity index (χ3n) is 4.16. The number of amides is 1. The number of hydrogen-bond acceptors (Lipinski definition) is 4. The number of halogens is 1. The van der Waals surface area contributed by atoms with E-state index >= 15 is 0 Å². The molecule has 1 aromatic rings. The SMILES string of the molecule is CC1CCN(CC(=O)N(C)Cc2ccc(Cl)s2)C(CN)C1. The number of likely N-dealkylation sites (tertiary alicyclic amines) is 1. The third-order valence-corrected chi connectivity index (χ3v) is 5.37. The molecule has 1 saturated heterocycles. The summed E-state index contributed by atoms with van der Waals surface area (Å²) in [6.45, 7) is 4.93. The van der Waals surface area contributed by atoms with Crippen molar-refractivity contribution in [3.8, 4) is 0 Å². The maximum Gasteiger partial charge on any atom is 0.236 e. The highest BCUT2D eigenvalue weighted by Crippen LogP contribution is 2.23. The molecule has 118 valence electrons. The van der Waals surface area contributed by atoms with Gasteiger partial charge in [-0.05, 0) is 37.4 Å². The van der Waals surface area contributed by atoms with E-state index in [1.807, 2.05) is 19.2 Å². The zero-order valence-corrected chi connectivity index (χ0v) is 14.3. The van der Waals surface area contributed by atoms with Gasteiger partial charge in [-0.1, -0.05) is 18.5 Å². The van der Waals surface area contributed by atoms with E-state index in [2.05, 4.69) is 11.8 Å². The minimum atomic E-state index is 0.146. The number of thiophene rings is 1. The molecule has 1 aliphatic rings. The molecule has 2 rings (SSSR count). The Morgan fingerprint density at radius 2 is 2.33 bits per heavy atom. The van der Waals surface area contributed by atoms with Gasteiger partial charge in [0.1, 0.15) is 0 Å². The maximum absolute atomic E-state index is 12.4. The van der Waals surface area contributed by atoms with Crippen LogP contribution in [-0.2, 0) is 11.3 Å². The van der Waals surface area contributed by atoms with Crippen LogP contribution in [0.2, 0.25) is 4.34 Å². The molecule has 6 heteroatoms. The van der Waals surface area contributed by atoms with E-state index < -0.39 is 0 Å². The van der Waals surface area contributed by atoms with Gasteiger partial charge in [-0.25, -0.2) is 0 Å². The summed E-state index contributed by atoms with van der Waals surface area (Å²) in [5.41, 5.74) is 5.85. The third kappa shape index (κ3) is 4.68. The normalized spacial score (nSPS) is 23.2. The lowest BCUT2D eigenvalue weighted by atomic mass is 9.92. The van der Waals surface area contributed by atoms with Crippen molar-refractivity contribution in [2.45, 2.75) is 32.4 Å². The molecular formula is C15H24ClN3OS. The molecular weight excluding hydrogens is 306 g/mol. The second kappa shape index (κ2) is 7.58. The van der Waals surface area contributed by atoms with Crippen LogP contribution in [0.1, 0.15) is 24.6 Å². The molecule has 1 amide bonds. The maximum atomic E-state index is 12.4. The first-order chi connectivity index (χ1) is 9.99. The standard InChI is InChI=1S/C15H24ClN3OS/c1-11-5-6-19(12(7-11)8-17)10-15(20)18(2)9-13-3-4-14(16)21-13/h3-4,11-12H,5-10,17H2,1-2H3. The molecule has 0 radical (unpaired) electrons. The molecule has 2 atom stereocenters. The molecule has 2 unspecified atom stereocenters. The first kappa shape index (κ1) is 16.7. The second-order valence-electron chi connectivity index (χ2n) is 5.95. The summed E-state index contributed by atoms with van der Waals surface area (Å²) >= 11 is 7.45. The number of rotatable bonds is 5. The summed E-state index contributed by atoms with van der Waals surface area (Å²) < 4.78 is 0.763. The van der Waals surface area contributed by atoms with E-state index in [1.165, 1.54) is 11.3 Å². The average molecular weight is 330 g/mol. The first-order valence-corrected chi connectivity index (χ1v) is 8.61. The number of carbonyl (C=O) groups is 1. The topological polar surface area (TPSA) is 49.6 Å². The molecule has 2 N–H and O–H groups in total. The molecule has 0 aliphatic carbocycles. The van der Waals surface area contributed by atoms with Gasteiger partial charge in [-0.3, -0.25) is 9.69 Å². The van der Waals surface area contributed by atoms with Crippen molar-refractivity contribution in [2.24, 2.45) is 11.7 Å². The highest BCUT2D eigenvalue weighted by molar-refractivity contribution is 7.16. The van der Waals surface area contributed by atoms with Crippen LogP contribution in [0.3, 0.4) is 0 Å². The van der Waals surface area contributed by atoms with Crippen molar-refractivity contribution < 1.29 is 4.79 Å². The Hall–Kier alpha value is -0.620. The Kier molecular flexibility index (Phi) is 6.05. The van der Waals surface area contributed by atoms with Gasteiger partial charge >= 0.3 is 0 Å². The Bertz CT molecular complexity index is 479. The van der Waals surface area contributed by atoms with Crippen LogP contribution in [0, 0.1) is 5.92 Å². The zero-order valence-electron chi connectivity index (χ0n) is 12.7. The van der Waals surface area contributed by atoms with Crippen molar-refractivity contribution in [3.05, 3.63) is 21.3 Å². The van der Waals surface area contributed by atoms with Gasteiger partial charge in [0.25, 0.3) is 0 Å². The van der Waals surface area contributed by atoms with Gasteiger partial charge in [0.2, 0.25) is 5.91 Å². The molecule has 0 saturated carbocycles. The molecule has 1 aliphatic heterocycles. The average Bonchev–Trinajstić information content (AvgIpc) is 2.85. The van der Waals surface area contributed by atoms with Crippen LogP contribution in [-0.4, -0.2) is 48.4 Å². The smallest absolute Gasteiger partial charge is 0.236 e. The van der Waals surface area contributed by atoms with Crippen molar-refractivity contribution in [1.29, 1.82) is 0 Å². The summed E-state index contributed by atoms with van der Waals surface area (Å²) in [4.78, 5) is 17.5. The Labute approximate surface area is 135 Å². The lowest BCUT2D eigenvalue weighted by Gasteiger charge is -2.38. The van der Waals surface area contributed by atoms with E-state index in [0.717, 1.165) is 28.6 Å². The van der Waals surface area contributed by atoms with Gasteiger partial charge in [0, 0.05) is 24.5 Å². The fourth-order valence-corrected chi connectivity index (χ4v) is 3.95. The van der Waals surface area contributed by atoms with Gasteiger partial charge in [0.05, 0.1) is 17.4 Å². The number of carbonyl (C=O) groups excluding carboxylic acids is 1. The second-order valence-corrected chi connectivity index (χ2v) is 7.74. The summed E-state index contributed by atoms with van der Waals surface area (Å²) in [6.07, 6.45) is 2.24. The first-order valence-electron chi connectivity index (χ1n) is 7.42. The highest BCUT2D eigenvalue weighted by atomic mass is 35.5. The molecule has 21 heavy (non-hydrogen) atoms. The van der Waals surface area contributed by atoms with E-state index in [4.69, 9.17) is 17.3 Å². The molecule has 0 bridgehead atoms. The summed E-state index contributed by atoms with van der Waals surface area (Å²) in [5, 5.41) is 0. The molecule has 2 heterocycles. The van der Waals surface area contributed by atoms with Crippen LogP contribution in [0.25, 0.3) is 0 Å². The Balaban J connectivity index is 1.87. The van der Waals surface area contributed by atoms with Crippen LogP contribution in [0.5, 0.6) is 0 Å².